The Hall–Kier alpha value is -1.35. The normalized spacial score (nSPS) is 12.2. The van der Waals surface area contributed by atoms with Crippen LogP contribution in [0.3, 0.4) is 0 Å². The minimum absolute atomic E-state index is 0.312. The predicted octanol–water partition coefficient (Wildman–Crippen LogP) is 3.24. The van der Waals surface area contributed by atoms with Crippen molar-refractivity contribution in [2.24, 2.45) is 5.73 Å². The van der Waals surface area contributed by atoms with Crippen LogP contribution in [0.25, 0.3) is 0 Å². The van der Waals surface area contributed by atoms with E-state index in [0.717, 1.165) is 6.42 Å². The van der Waals surface area contributed by atoms with Crippen LogP contribution < -0.4 is 5.73 Å². The number of hydrogen-bond acceptors (Lipinski definition) is 3. The van der Waals surface area contributed by atoms with Crippen molar-refractivity contribution in [3.05, 3.63) is 35.4 Å². The van der Waals surface area contributed by atoms with E-state index in [4.69, 9.17) is 10.5 Å². The molecule has 0 aliphatic carbocycles. The minimum Gasteiger partial charge on any atom is -0.465 e. The first kappa shape index (κ1) is 16.7. The summed E-state index contributed by atoms with van der Waals surface area (Å²) >= 11 is 0. The summed E-state index contributed by atoms with van der Waals surface area (Å²) in [6.45, 7) is 4.39. The second-order valence-corrected chi connectivity index (χ2v) is 5.14. The summed E-state index contributed by atoms with van der Waals surface area (Å²) in [5.41, 5.74) is 8.39. The summed E-state index contributed by atoms with van der Waals surface area (Å²) in [7, 11) is 0. The van der Waals surface area contributed by atoms with Gasteiger partial charge in [0.25, 0.3) is 0 Å². The standard InChI is InChI=1S/C17H27NO2/c1-3-5-6-7-10-14-11-8-9-12-15(14)13-16(18)17(19)20-4-2/h8-9,11-12,16H,3-7,10,13,18H2,1-2H3/t16-/m0/s1. The van der Waals surface area contributed by atoms with E-state index in [1.54, 1.807) is 6.92 Å². The summed E-state index contributed by atoms with van der Waals surface area (Å²) in [4.78, 5) is 11.6. The molecule has 0 aliphatic heterocycles. The average molecular weight is 277 g/mol. The zero-order valence-corrected chi connectivity index (χ0v) is 12.7. The molecule has 0 saturated heterocycles. The number of carbonyl (C=O) groups is 1. The molecule has 0 fully saturated rings. The summed E-state index contributed by atoms with van der Waals surface area (Å²) < 4.78 is 4.96. The van der Waals surface area contributed by atoms with E-state index in [1.807, 2.05) is 6.07 Å². The van der Waals surface area contributed by atoms with Gasteiger partial charge in [0.2, 0.25) is 0 Å². The van der Waals surface area contributed by atoms with Crippen molar-refractivity contribution in [2.45, 2.75) is 58.4 Å². The van der Waals surface area contributed by atoms with Gasteiger partial charge in [-0.1, -0.05) is 50.5 Å². The molecule has 112 valence electrons. The maximum absolute atomic E-state index is 11.6. The van der Waals surface area contributed by atoms with E-state index in [9.17, 15) is 4.79 Å². The maximum atomic E-state index is 11.6. The lowest BCUT2D eigenvalue weighted by molar-refractivity contribution is -0.144. The Morgan fingerprint density at radius 2 is 1.85 bits per heavy atom. The summed E-state index contributed by atoms with van der Waals surface area (Å²) in [5, 5.41) is 0. The lowest BCUT2D eigenvalue weighted by Crippen LogP contribution is -2.34. The molecule has 0 radical (unpaired) electrons. The molecule has 0 bridgehead atoms. The first-order chi connectivity index (χ1) is 9.69. The van der Waals surface area contributed by atoms with E-state index in [2.05, 4.69) is 25.1 Å². The van der Waals surface area contributed by atoms with Crippen molar-refractivity contribution in [2.75, 3.05) is 6.61 Å². The zero-order chi connectivity index (χ0) is 14.8. The quantitative estimate of drug-likeness (QED) is 0.557. The highest BCUT2D eigenvalue weighted by molar-refractivity contribution is 5.75. The third-order valence-electron chi connectivity index (χ3n) is 3.45. The van der Waals surface area contributed by atoms with Gasteiger partial charge in [-0.15, -0.1) is 0 Å². The first-order valence-corrected chi connectivity index (χ1v) is 7.68. The van der Waals surface area contributed by atoms with Gasteiger partial charge in [0.1, 0.15) is 6.04 Å². The van der Waals surface area contributed by atoms with Crippen molar-refractivity contribution in [3.8, 4) is 0 Å². The Balaban J connectivity index is 2.58. The summed E-state index contributed by atoms with van der Waals surface area (Å²) in [6, 6.07) is 7.69. The zero-order valence-electron chi connectivity index (χ0n) is 12.7. The molecule has 0 unspecified atom stereocenters. The highest BCUT2D eigenvalue weighted by Gasteiger charge is 2.16. The van der Waals surface area contributed by atoms with Crippen molar-refractivity contribution in [3.63, 3.8) is 0 Å². The Labute approximate surface area is 122 Å². The van der Waals surface area contributed by atoms with E-state index in [0.29, 0.717) is 13.0 Å². The van der Waals surface area contributed by atoms with Crippen molar-refractivity contribution in [1.29, 1.82) is 0 Å². The molecule has 0 heterocycles. The molecule has 1 rings (SSSR count). The molecule has 0 spiro atoms. The van der Waals surface area contributed by atoms with Gasteiger partial charge in [-0.25, -0.2) is 0 Å². The lowest BCUT2D eigenvalue weighted by Gasteiger charge is -2.14. The van der Waals surface area contributed by atoms with Crippen LogP contribution in [0.2, 0.25) is 0 Å². The molecule has 1 aromatic carbocycles. The van der Waals surface area contributed by atoms with Crippen LogP contribution in [0.1, 0.15) is 50.7 Å². The number of unbranched alkanes of at least 4 members (excludes halogenated alkanes) is 3. The van der Waals surface area contributed by atoms with Gasteiger partial charge in [0.05, 0.1) is 6.61 Å². The van der Waals surface area contributed by atoms with Crippen LogP contribution in [0.15, 0.2) is 24.3 Å². The third-order valence-corrected chi connectivity index (χ3v) is 3.45. The Bertz CT molecular complexity index is 404. The summed E-state index contributed by atoms with van der Waals surface area (Å²) in [5.74, 6) is -0.312. The molecule has 1 aromatic rings. The second-order valence-electron chi connectivity index (χ2n) is 5.14. The maximum Gasteiger partial charge on any atom is 0.323 e. The van der Waals surface area contributed by atoms with Crippen molar-refractivity contribution in [1.82, 2.24) is 0 Å². The largest absolute Gasteiger partial charge is 0.465 e. The molecule has 0 aliphatic rings. The van der Waals surface area contributed by atoms with Gasteiger partial charge < -0.3 is 10.5 Å². The van der Waals surface area contributed by atoms with Crippen LogP contribution in [0.5, 0.6) is 0 Å². The van der Waals surface area contributed by atoms with E-state index < -0.39 is 6.04 Å². The average Bonchev–Trinajstić information content (AvgIpc) is 2.45. The first-order valence-electron chi connectivity index (χ1n) is 7.68. The number of ether oxygens (including phenoxy) is 1. The number of rotatable bonds is 9. The Morgan fingerprint density at radius 1 is 1.15 bits per heavy atom. The van der Waals surface area contributed by atoms with Gasteiger partial charge in [-0.3, -0.25) is 4.79 Å². The smallest absolute Gasteiger partial charge is 0.323 e. The molecule has 0 aromatic heterocycles. The molecule has 2 N–H and O–H groups in total. The van der Waals surface area contributed by atoms with E-state index >= 15 is 0 Å². The summed E-state index contributed by atoms with van der Waals surface area (Å²) in [6.07, 6.45) is 6.60. The Morgan fingerprint density at radius 3 is 2.50 bits per heavy atom. The number of hydrogen-bond donors (Lipinski definition) is 1. The number of nitrogens with two attached hydrogens (primary N) is 1. The fourth-order valence-electron chi connectivity index (χ4n) is 2.31. The van der Waals surface area contributed by atoms with Gasteiger partial charge >= 0.3 is 5.97 Å². The second kappa shape index (κ2) is 9.54. The highest BCUT2D eigenvalue weighted by Crippen LogP contribution is 2.15. The van der Waals surface area contributed by atoms with Gasteiger partial charge in [0, 0.05) is 0 Å². The number of benzene rings is 1. The Kier molecular flexibility index (Phi) is 7.97. The van der Waals surface area contributed by atoms with Crippen LogP contribution in [0, 0.1) is 0 Å². The van der Waals surface area contributed by atoms with Crippen molar-refractivity contribution < 1.29 is 9.53 Å². The molecule has 0 saturated carbocycles. The molecule has 1 atom stereocenters. The molecule has 0 amide bonds. The SMILES string of the molecule is CCCCCCc1ccccc1C[C@H](N)C(=O)OCC. The van der Waals surface area contributed by atoms with Crippen molar-refractivity contribution >= 4 is 5.97 Å². The van der Waals surface area contributed by atoms with Gasteiger partial charge in [-0.2, -0.15) is 0 Å². The highest BCUT2D eigenvalue weighted by atomic mass is 16.5. The molecule has 3 nitrogen and oxygen atoms in total. The fraction of sp³-hybridized carbons (Fsp3) is 0.588. The minimum atomic E-state index is -0.563. The van der Waals surface area contributed by atoms with E-state index in [-0.39, 0.29) is 5.97 Å². The van der Waals surface area contributed by atoms with Gasteiger partial charge in [-0.05, 0) is 37.3 Å². The predicted molar refractivity (Wildman–Crippen MR) is 82.6 cm³/mol. The number of esters is 1. The van der Waals surface area contributed by atoms with Gasteiger partial charge in [0.15, 0.2) is 0 Å². The third kappa shape index (κ3) is 5.74. The molecular weight excluding hydrogens is 250 g/mol. The molecule has 3 heteroatoms. The lowest BCUT2D eigenvalue weighted by atomic mass is 9.96. The van der Waals surface area contributed by atoms with Crippen LogP contribution in [-0.4, -0.2) is 18.6 Å². The van der Waals surface area contributed by atoms with Crippen LogP contribution >= 0.6 is 0 Å². The van der Waals surface area contributed by atoms with E-state index in [1.165, 1.54) is 36.8 Å². The number of carbonyl (C=O) groups excluding carboxylic acids is 1. The fourth-order valence-corrected chi connectivity index (χ4v) is 2.31. The topological polar surface area (TPSA) is 52.3 Å². The molecular formula is C17H27NO2. The molecule has 20 heavy (non-hydrogen) atoms. The van der Waals surface area contributed by atoms with Crippen LogP contribution in [0.4, 0.5) is 0 Å². The number of aryl methyl sites for hydroxylation is 1. The van der Waals surface area contributed by atoms with Crippen LogP contribution in [-0.2, 0) is 22.4 Å². The monoisotopic (exact) mass is 277 g/mol.